The molecular formula is C16H19NO3. The number of hydrogen-bond donors (Lipinski definition) is 1. The maximum Gasteiger partial charge on any atom is 0.125 e. The Kier molecular flexibility index (Phi) is 5.12. The molecule has 0 aromatic heterocycles. The molecule has 0 aliphatic carbocycles. The van der Waals surface area contributed by atoms with Gasteiger partial charge in [-0.1, -0.05) is 18.2 Å². The summed E-state index contributed by atoms with van der Waals surface area (Å²) in [6, 6.07) is 15.0. The van der Waals surface area contributed by atoms with Gasteiger partial charge in [0.25, 0.3) is 0 Å². The van der Waals surface area contributed by atoms with Gasteiger partial charge in [-0.2, -0.15) is 0 Å². The van der Waals surface area contributed by atoms with E-state index in [0.717, 1.165) is 5.75 Å². The van der Waals surface area contributed by atoms with Crippen LogP contribution in [0.5, 0.6) is 17.2 Å². The molecular weight excluding hydrogens is 254 g/mol. The quantitative estimate of drug-likeness (QED) is 0.622. The number of ether oxygens (including phenoxy) is 3. The maximum atomic E-state index is 5.79. The summed E-state index contributed by atoms with van der Waals surface area (Å²) in [5.41, 5.74) is 6.41. The number of rotatable bonds is 7. The van der Waals surface area contributed by atoms with E-state index in [2.05, 4.69) is 0 Å². The molecule has 2 aromatic carbocycles. The van der Waals surface area contributed by atoms with Crippen molar-refractivity contribution in [3.8, 4) is 17.2 Å². The zero-order valence-electron chi connectivity index (χ0n) is 11.5. The first-order chi connectivity index (χ1) is 9.78. The second-order valence-corrected chi connectivity index (χ2v) is 4.18. The van der Waals surface area contributed by atoms with Gasteiger partial charge in [0.15, 0.2) is 0 Å². The van der Waals surface area contributed by atoms with Crippen LogP contribution in [0.25, 0.3) is 0 Å². The average Bonchev–Trinajstić information content (AvgIpc) is 2.45. The molecule has 4 heteroatoms. The lowest BCUT2D eigenvalue weighted by molar-refractivity contribution is 0.216. The average molecular weight is 273 g/mol. The monoisotopic (exact) mass is 273 g/mol. The molecule has 0 saturated carbocycles. The first kappa shape index (κ1) is 14.1. The Bertz CT molecular complexity index is 529. The number of nitrogen functional groups attached to an aromatic ring is 1. The van der Waals surface area contributed by atoms with Gasteiger partial charge >= 0.3 is 0 Å². The van der Waals surface area contributed by atoms with E-state index in [0.29, 0.717) is 37.0 Å². The number of hydrogen-bond acceptors (Lipinski definition) is 4. The molecule has 0 fully saturated rings. The highest BCUT2D eigenvalue weighted by Crippen LogP contribution is 2.24. The van der Waals surface area contributed by atoms with E-state index in [-0.39, 0.29) is 0 Å². The van der Waals surface area contributed by atoms with Gasteiger partial charge in [0.2, 0.25) is 0 Å². The van der Waals surface area contributed by atoms with Crippen molar-refractivity contribution in [2.75, 3.05) is 25.6 Å². The van der Waals surface area contributed by atoms with E-state index >= 15 is 0 Å². The van der Waals surface area contributed by atoms with Gasteiger partial charge in [-0.15, -0.1) is 0 Å². The number of benzene rings is 2. The van der Waals surface area contributed by atoms with Crippen LogP contribution in [0.15, 0.2) is 48.5 Å². The fraction of sp³-hybridized carbons (Fsp3) is 0.250. The lowest BCUT2D eigenvalue weighted by Crippen LogP contribution is -2.09. The third kappa shape index (κ3) is 4.39. The van der Waals surface area contributed by atoms with Crippen LogP contribution in [0.4, 0.5) is 5.69 Å². The molecule has 20 heavy (non-hydrogen) atoms. The molecule has 0 aliphatic rings. The second kappa shape index (κ2) is 7.28. The Morgan fingerprint density at radius 2 is 1.40 bits per heavy atom. The SMILES string of the molecule is CCOc1cc(N)cc(OCCOc2ccccc2)c1. The van der Waals surface area contributed by atoms with Crippen LogP contribution in [0, 0.1) is 0 Å². The van der Waals surface area contributed by atoms with Crippen LogP contribution in [0.2, 0.25) is 0 Å². The Morgan fingerprint density at radius 3 is 2.05 bits per heavy atom. The van der Waals surface area contributed by atoms with E-state index < -0.39 is 0 Å². The van der Waals surface area contributed by atoms with Crippen molar-refractivity contribution in [2.45, 2.75) is 6.92 Å². The van der Waals surface area contributed by atoms with Crippen LogP contribution in [-0.4, -0.2) is 19.8 Å². The highest BCUT2D eigenvalue weighted by molar-refractivity contribution is 5.50. The Hall–Kier alpha value is -2.36. The predicted octanol–water partition coefficient (Wildman–Crippen LogP) is 3.13. The highest BCUT2D eigenvalue weighted by Gasteiger charge is 2.01. The molecule has 0 amide bonds. The van der Waals surface area contributed by atoms with Crippen molar-refractivity contribution >= 4 is 5.69 Å². The van der Waals surface area contributed by atoms with Gasteiger partial charge in [0.1, 0.15) is 30.5 Å². The molecule has 0 radical (unpaired) electrons. The summed E-state index contributed by atoms with van der Waals surface area (Å²) in [6.07, 6.45) is 0. The summed E-state index contributed by atoms with van der Waals surface area (Å²) < 4.78 is 16.6. The second-order valence-electron chi connectivity index (χ2n) is 4.18. The van der Waals surface area contributed by atoms with Gasteiger partial charge in [-0.3, -0.25) is 0 Å². The third-order valence-corrected chi connectivity index (χ3v) is 2.58. The molecule has 0 unspecified atom stereocenters. The van der Waals surface area contributed by atoms with Crippen molar-refractivity contribution in [1.82, 2.24) is 0 Å². The molecule has 2 aromatic rings. The zero-order valence-corrected chi connectivity index (χ0v) is 11.5. The molecule has 0 bridgehead atoms. The summed E-state index contributed by atoms with van der Waals surface area (Å²) in [5, 5.41) is 0. The van der Waals surface area contributed by atoms with Crippen LogP contribution in [0.3, 0.4) is 0 Å². The minimum atomic E-state index is 0.448. The van der Waals surface area contributed by atoms with Gasteiger partial charge < -0.3 is 19.9 Å². The molecule has 0 atom stereocenters. The Balaban J connectivity index is 1.81. The number of nitrogens with two attached hydrogens (primary N) is 1. The number of anilines is 1. The van der Waals surface area contributed by atoms with Gasteiger partial charge in [-0.05, 0) is 19.1 Å². The molecule has 106 valence electrons. The van der Waals surface area contributed by atoms with Crippen molar-refractivity contribution < 1.29 is 14.2 Å². The smallest absolute Gasteiger partial charge is 0.125 e. The normalized spacial score (nSPS) is 10.1. The van der Waals surface area contributed by atoms with Crippen molar-refractivity contribution in [3.63, 3.8) is 0 Å². The molecule has 2 N–H and O–H groups in total. The minimum Gasteiger partial charge on any atom is -0.494 e. The largest absolute Gasteiger partial charge is 0.494 e. The van der Waals surface area contributed by atoms with Gasteiger partial charge in [0, 0.05) is 23.9 Å². The summed E-state index contributed by atoms with van der Waals surface area (Å²) in [6.45, 7) is 3.45. The van der Waals surface area contributed by atoms with E-state index in [1.54, 1.807) is 12.1 Å². The topological polar surface area (TPSA) is 53.7 Å². The minimum absolute atomic E-state index is 0.448. The van der Waals surface area contributed by atoms with E-state index in [9.17, 15) is 0 Å². The summed E-state index contributed by atoms with van der Waals surface area (Å²) in [7, 11) is 0. The fourth-order valence-corrected chi connectivity index (χ4v) is 1.76. The van der Waals surface area contributed by atoms with Gasteiger partial charge in [-0.25, -0.2) is 0 Å². The zero-order chi connectivity index (χ0) is 14.2. The van der Waals surface area contributed by atoms with Gasteiger partial charge in [0.05, 0.1) is 6.61 Å². The maximum absolute atomic E-state index is 5.79. The predicted molar refractivity (Wildman–Crippen MR) is 79.5 cm³/mol. The standard InChI is InChI=1S/C16H19NO3/c1-2-18-15-10-13(17)11-16(12-15)20-9-8-19-14-6-4-3-5-7-14/h3-7,10-12H,2,8-9,17H2,1H3. The van der Waals surface area contributed by atoms with Crippen molar-refractivity contribution in [2.24, 2.45) is 0 Å². The van der Waals surface area contributed by atoms with Crippen LogP contribution in [0.1, 0.15) is 6.92 Å². The Morgan fingerprint density at radius 1 is 0.800 bits per heavy atom. The molecule has 4 nitrogen and oxygen atoms in total. The third-order valence-electron chi connectivity index (χ3n) is 2.58. The highest BCUT2D eigenvalue weighted by atomic mass is 16.5. The van der Waals surface area contributed by atoms with Crippen LogP contribution in [-0.2, 0) is 0 Å². The molecule has 0 heterocycles. The van der Waals surface area contributed by atoms with Crippen molar-refractivity contribution in [3.05, 3.63) is 48.5 Å². The molecule has 2 rings (SSSR count). The van der Waals surface area contributed by atoms with Crippen molar-refractivity contribution in [1.29, 1.82) is 0 Å². The molecule has 0 aliphatic heterocycles. The van der Waals surface area contributed by atoms with Crippen LogP contribution < -0.4 is 19.9 Å². The lowest BCUT2D eigenvalue weighted by Gasteiger charge is -2.11. The number of para-hydroxylation sites is 1. The Labute approximate surface area is 119 Å². The summed E-state index contributed by atoms with van der Waals surface area (Å²) in [5.74, 6) is 2.23. The van der Waals surface area contributed by atoms with E-state index in [1.807, 2.05) is 43.3 Å². The first-order valence-corrected chi connectivity index (χ1v) is 6.62. The van der Waals surface area contributed by atoms with Crippen LogP contribution >= 0.6 is 0 Å². The summed E-state index contributed by atoms with van der Waals surface area (Å²) in [4.78, 5) is 0. The van der Waals surface area contributed by atoms with E-state index in [4.69, 9.17) is 19.9 Å². The molecule has 0 saturated heterocycles. The first-order valence-electron chi connectivity index (χ1n) is 6.62. The lowest BCUT2D eigenvalue weighted by atomic mass is 10.3. The molecule has 0 spiro atoms. The van der Waals surface area contributed by atoms with E-state index in [1.165, 1.54) is 0 Å². The fourth-order valence-electron chi connectivity index (χ4n) is 1.76. The summed E-state index contributed by atoms with van der Waals surface area (Å²) >= 11 is 0.